The number of ether oxygens (including phenoxy) is 2. The summed E-state index contributed by atoms with van der Waals surface area (Å²) >= 11 is 0. The maximum absolute atomic E-state index is 13.1. The minimum Gasteiger partial charge on any atom is -0.486 e. The van der Waals surface area contributed by atoms with Crippen LogP contribution in [0.4, 0.5) is 17.1 Å². The van der Waals surface area contributed by atoms with Crippen LogP contribution in [-0.4, -0.2) is 47.0 Å². The highest BCUT2D eigenvalue weighted by Crippen LogP contribution is 2.36. The molecule has 0 radical (unpaired) electrons. The molecule has 2 aliphatic rings. The van der Waals surface area contributed by atoms with Crippen molar-refractivity contribution in [2.75, 3.05) is 41.3 Å². The number of benzene rings is 3. The fourth-order valence-corrected chi connectivity index (χ4v) is 5.49. The summed E-state index contributed by atoms with van der Waals surface area (Å²) in [6.45, 7) is 1.12. The second kappa shape index (κ2) is 9.54. The Balaban J connectivity index is 1.29. The summed E-state index contributed by atoms with van der Waals surface area (Å²) in [5, 5.41) is 2.77. The molecule has 0 aliphatic carbocycles. The van der Waals surface area contributed by atoms with E-state index in [1.807, 2.05) is 6.07 Å². The number of anilines is 3. The monoisotopic (exact) mass is 507 g/mol. The Bertz CT molecular complexity index is 1410. The molecular formula is C26H25N3O6S. The van der Waals surface area contributed by atoms with Crippen LogP contribution >= 0.6 is 0 Å². The van der Waals surface area contributed by atoms with E-state index >= 15 is 0 Å². The predicted molar refractivity (Wildman–Crippen MR) is 135 cm³/mol. The minimum absolute atomic E-state index is 0.0482. The van der Waals surface area contributed by atoms with Crippen LogP contribution in [-0.2, 0) is 19.6 Å². The average Bonchev–Trinajstić information content (AvgIpc) is 3.30. The molecule has 36 heavy (non-hydrogen) atoms. The summed E-state index contributed by atoms with van der Waals surface area (Å²) in [6.07, 6.45) is 0.0506. The number of nitrogens with one attached hydrogen (secondary N) is 1. The summed E-state index contributed by atoms with van der Waals surface area (Å²) in [4.78, 5) is 27.3. The van der Waals surface area contributed by atoms with Crippen LogP contribution in [0.15, 0.2) is 77.7 Å². The molecule has 0 spiro atoms. The quantitative estimate of drug-likeness (QED) is 0.549. The SMILES string of the molecule is CN(c1ccccc1)S(=O)(=O)c1cccc(NC(=O)[C@@H]2CC(=O)N(c3ccc4c(c3)OCCO4)C2)c1. The summed E-state index contributed by atoms with van der Waals surface area (Å²) in [6, 6.07) is 20.1. The highest BCUT2D eigenvalue weighted by molar-refractivity contribution is 7.92. The van der Waals surface area contributed by atoms with Crippen molar-refractivity contribution in [2.24, 2.45) is 5.92 Å². The first-order chi connectivity index (χ1) is 17.3. The van der Waals surface area contributed by atoms with Gasteiger partial charge in [-0.3, -0.25) is 13.9 Å². The highest BCUT2D eigenvalue weighted by Gasteiger charge is 2.36. The number of sulfonamides is 1. The molecule has 0 aromatic heterocycles. The van der Waals surface area contributed by atoms with E-state index in [9.17, 15) is 18.0 Å². The zero-order valence-corrected chi connectivity index (χ0v) is 20.4. The Kier molecular flexibility index (Phi) is 6.27. The lowest BCUT2D eigenvalue weighted by molar-refractivity contribution is -0.122. The summed E-state index contributed by atoms with van der Waals surface area (Å²) in [5.74, 6) is 0.0802. The van der Waals surface area contributed by atoms with Gasteiger partial charge in [-0.25, -0.2) is 8.42 Å². The van der Waals surface area contributed by atoms with Crippen LogP contribution in [0.25, 0.3) is 0 Å². The number of carbonyl (C=O) groups excluding carboxylic acids is 2. The van der Waals surface area contributed by atoms with Crippen LogP contribution < -0.4 is 24.0 Å². The van der Waals surface area contributed by atoms with E-state index in [1.54, 1.807) is 59.5 Å². The molecule has 2 heterocycles. The van der Waals surface area contributed by atoms with Crippen LogP contribution in [0.3, 0.4) is 0 Å². The van der Waals surface area contributed by atoms with Crippen molar-refractivity contribution in [3.05, 3.63) is 72.8 Å². The van der Waals surface area contributed by atoms with E-state index < -0.39 is 15.9 Å². The van der Waals surface area contributed by atoms with Crippen molar-refractivity contribution in [1.29, 1.82) is 0 Å². The molecule has 1 saturated heterocycles. The van der Waals surface area contributed by atoms with E-state index in [-0.39, 0.29) is 29.7 Å². The van der Waals surface area contributed by atoms with E-state index in [0.717, 1.165) is 0 Å². The minimum atomic E-state index is -3.83. The van der Waals surface area contributed by atoms with Crippen molar-refractivity contribution >= 4 is 38.9 Å². The van der Waals surface area contributed by atoms with Gasteiger partial charge in [-0.15, -0.1) is 0 Å². The first kappa shape index (κ1) is 23.7. The third-order valence-corrected chi connectivity index (χ3v) is 7.99. The Morgan fingerprint density at radius 3 is 2.50 bits per heavy atom. The van der Waals surface area contributed by atoms with Crippen LogP contribution in [0.2, 0.25) is 0 Å². The topological polar surface area (TPSA) is 105 Å². The number of hydrogen-bond donors (Lipinski definition) is 1. The number of nitrogens with zero attached hydrogens (tertiary/aromatic N) is 2. The molecule has 5 rings (SSSR count). The largest absolute Gasteiger partial charge is 0.486 e. The second-order valence-corrected chi connectivity index (χ2v) is 10.5. The maximum Gasteiger partial charge on any atom is 0.264 e. The zero-order chi connectivity index (χ0) is 25.3. The predicted octanol–water partition coefficient (Wildman–Crippen LogP) is 3.27. The third-order valence-electron chi connectivity index (χ3n) is 6.21. The standard InChI is InChI=1S/C26H25N3O6S/c1-28(20-7-3-2-4-8-20)36(32,33)22-9-5-6-19(15-22)27-26(31)18-14-25(30)29(17-18)21-10-11-23-24(16-21)35-13-12-34-23/h2-11,15-16,18H,12-14,17H2,1H3,(H,27,31)/t18-/m1/s1. The first-order valence-electron chi connectivity index (χ1n) is 11.5. The number of para-hydroxylation sites is 1. The normalized spacial score (nSPS) is 17.1. The van der Waals surface area contributed by atoms with Gasteiger partial charge in [0.1, 0.15) is 13.2 Å². The number of rotatable bonds is 6. The summed E-state index contributed by atoms with van der Waals surface area (Å²) < 4.78 is 38.5. The lowest BCUT2D eigenvalue weighted by Gasteiger charge is -2.22. The van der Waals surface area contributed by atoms with E-state index in [1.165, 1.54) is 23.5 Å². The van der Waals surface area contributed by atoms with E-state index in [2.05, 4.69) is 5.32 Å². The Morgan fingerprint density at radius 2 is 1.72 bits per heavy atom. The van der Waals surface area contributed by atoms with Crippen molar-refractivity contribution in [1.82, 2.24) is 0 Å². The van der Waals surface area contributed by atoms with Gasteiger partial charge in [0.15, 0.2) is 11.5 Å². The lowest BCUT2D eigenvalue weighted by atomic mass is 10.1. The molecule has 10 heteroatoms. The third kappa shape index (κ3) is 4.59. The average molecular weight is 508 g/mol. The Hall–Kier alpha value is -4.05. The zero-order valence-electron chi connectivity index (χ0n) is 19.6. The van der Waals surface area contributed by atoms with Gasteiger partial charge in [0.2, 0.25) is 11.8 Å². The number of amides is 2. The molecule has 0 bridgehead atoms. The fourth-order valence-electron chi connectivity index (χ4n) is 4.25. The molecule has 186 valence electrons. The van der Waals surface area contributed by atoms with Gasteiger partial charge >= 0.3 is 0 Å². The van der Waals surface area contributed by atoms with Gasteiger partial charge in [0.25, 0.3) is 10.0 Å². The first-order valence-corrected chi connectivity index (χ1v) is 12.9. The summed E-state index contributed by atoms with van der Waals surface area (Å²) in [7, 11) is -2.35. The van der Waals surface area contributed by atoms with Gasteiger partial charge in [-0.05, 0) is 42.5 Å². The van der Waals surface area contributed by atoms with Crippen molar-refractivity contribution in [3.8, 4) is 11.5 Å². The van der Waals surface area contributed by atoms with E-state index in [0.29, 0.717) is 41.8 Å². The van der Waals surface area contributed by atoms with Gasteiger partial charge in [0, 0.05) is 37.5 Å². The van der Waals surface area contributed by atoms with Crippen molar-refractivity contribution in [2.45, 2.75) is 11.3 Å². The van der Waals surface area contributed by atoms with E-state index in [4.69, 9.17) is 9.47 Å². The van der Waals surface area contributed by atoms with Crippen LogP contribution in [0.5, 0.6) is 11.5 Å². The summed E-state index contributed by atoms with van der Waals surface area (Å²) in [5.41, 5.74) is 1.50. The van der Waals surface area contributed by atoms with Gasteiger partial charge in [0.05, 0.1) is 16.5 Å². The Labute approximate surface area is 209 Å². The molecule has 0 saturated carbocycles. The van der Waals surface area contributed by atoms with Crippen LogP contribution in [0, 0.1) is 5.92 Å². The molecule has 3 aromatic carbocycles. The Morgan fingerprint density at radius 1 is 0.972 bits per heavy atom. The lowest BCUT2D eigenvalue weighted by Crippen LogP contribution is -2.28. The molecule has 9 nitrogen and oxygen atoms in total. The smallest absolute Gasteiger partial charge is 0.264 e. The van der Waals surface area contributed by atoms with Crippen molar-refractivity contribution < 1.29 is 27.5 Å². The molecular weight excluding hydrogens is 482 g/mol. The molecule has 2 aliphatic heterocycles. The van der Waals surface area contributed by atoms with Gasteiger partial charge < -0.3 is 19.7 Å². The molecule has 0 unspecified atom stereocenters. The van der Waals surface area contributed by atoms with Gasteiger partial charge in [-0.1, -0.05) is 24.3 Å². The van der Waals surface area contributed by atoms with Crippen LogP contribution in [0.1, 0.15) is 6.42 Å². The fraction of sp³-hybridized carbons (Fsp3) is 0.231. The molecule has 2 amide bonds. The molecule has 1 fully saturated rings. The molecule has 3 aromatic rings. The second-order valence-electron chi connectivity index (χ2n) is 8.56. The van der Waals surface area contributed by atoms with Crippen molar-refractivity contribution in [3.63, 3.8) is 0 Å². The highest BCUT2D eigenvalue weighted by atomic mass is 32.2. The maximum atomic E-state index is 13.1. The number of carbonyl (C=O) groups is 2. The number of hydrogen-bond acceptors (Lipinski definition) is 6. The number of fused-ring (bicyclic) bond motifs is 1. The molecule has 1 N–H and O–H groups in total. The van der Waals surface area contributed by atoms with Gasteiger partial charge in [-0.2, -0.15) is 0 Å². The molecule has 1 atom stereocenters.